The van der Waals surface area contributed by atoms with Crippen molar-refractivity contribution >= 4 is 28.3 Å². The number of carbonyl (C=O) groups is 1. The third-order valence-corrected chi connectivity index (χ3v) is 4.44. The summed E-state index contributed by atoms with van der Waals surface area (Å²) in [6.07, 6.45) is 1.51. The molecule has 0 atom stereocenters. The molecule has 0 bridgehead atoms. The summed E-state index contributed by atoms with van der Waals surface area (Å²) in [5, 5.41) is 5.75. The highest BCUT2D eigenvalue weighted by Crippen LogP contribution is 2.07. The number of aryl methyl sites for hydroxylation is 2. The van der Waals surface area contributed by atoms with E-state index in [0.717, 1.165) is 6.54 Å². The van der Waals surface area contributed by atoms with E-state index in [0.29, 0.717) is 25.5 Å². The molecule has 1 aromatic rings. The average molecular weight is 384 g/mol. The number of ether oxygens (including phenoxy) is 1. The molecule has 0 aliphatic carbocycles. The Balaban J connectivity index is 0.00000529. The van der Waals surface area contributed by atoms with Gasteiger partial charge >= 0.3 is 0 Å². The quantitative estimate of drug-likeness (QED) is 0.430. The van der Waals surface area contributed by atoms with Crippen LogP contribution in [0.25, 0.3) is 0 Å². The van der Waals surface area contributed by atoms with Crippen LogP contribution in [0.2, 0.25) is 0 Å². The van der Waals surface area contributed by atoms with E-state index >= 15 is 0 Å². The number of halogens is 1. The Morgan fingerprint density at radius 3 is 2.58 bits per heavy atom. The van der Waals surface area contributed by atoms with Crippen LogP contribution in [0.4, 0.5) is 0 Å². The largest absolute Gasteiger partial charge is 0.383 e. The molecular formula is C13H26ClN5O4S. The van der Waals surface area contributed by atoms with Gasteiger partial charge in [-0.25, -0.2) is 18.1 Å². The highest BCUT2D eigenvalue weighted by Gasteiger charge is 2.18. The monoisotopic (exact) mass is 383 g/mol. The zero-order valence-electron chi connectivity index (χ0n) is 14.2. The summed E-state index contributed by atoms with van der Waals surface area (Å²) in [4.78, 5) is 15.6. The second-order valence-electron chi connectivity index (χ2n) is 4.98. The number of amides is 1. The van der Waals surface area contributed by atoms with Gasteiger partial charge in [0.25, 0.3) is 10.0 Å². The van der Waals surface area contributed by atoms with Gasteiger partial charge in [0.2, 0.25) is 5.91 Å². The fourth-order valence-corrected chi connectivity index (χ4v) is 2.77. The van der Waals surface area contributed by atoms with Crippen LogP contribution < -0.4 is 15.4 Å². The maximum Gasteiger partial charge on any atom is 0.259 e. The Bertz CT molecular complexity index is 586. The molecule has 0 saturated carbocycles. The molecule has 0 spiro atoms. The zero-order chi connectivity index (χ0) is 17.3. The van der Waals surface area contributed by atoms with Crippen LogP contribution in [0, 0.1) is 6.92 Å². The number of nitrogens with zero attached hydrogens (tertiary/aromatic N) is 2. The fourth-order valence-electron chi connectivity index (χ4n) is 1.71. The summed E-state index contributed by atoms with van der Waals surface area (Å²) in [5.41, 5.74) is 0. The lowest BCUT2D eigenvalue weighted by Crippen LogP contribution is -2.35. The van der Waals surface area contributed by atoms with Crippen molar-refractivity contribution in [1.82, 2.24) is 24.9 Å². The Kier molecular flexibility index (Phi) is 10.8. The molecule has 3 N–H and O–H groups in total. The lowest BCUT2D eigenvalue weighted by Gasteiger charge is -2.07. The summed E-state index contributed by atoms with van der Waals surface area (Å²) in [6, 6.07) is 0. The number of methoxy groups -OCH3 is 1. The molecule has 0 fully saturated rings. The zero-order valence-corrected chi connectivity index (χ0v) is 15.8. The van der Waals surface area contributed by atoms with Crippen LogP contribution in [0.15, 0.2) is 11.2 Å². The van der Waals surface area contributed by atoms with E-state index < -0.39 is 10.0 Å². The Morgan fingerprint density at radius 2 is 2.00 bits per heavy atom. The molecule has 0 aromatic carbocycles. The minimum absolute atomic E-state index is 0. The molecule has 0 radical (unpaired) electrons. The van der Waals surface area contributed by atoms with E-state index in [1.165, 1.54) is 6.20 Å². The van der Waals surface area contributed by atoms with Crippen molar-refractivity contribution in [3.8, 4) is 0 Å². The molecule has 0 saturated heterocycles. The first kappa shape index (κ1) is 22.8. The minimum atomic E-state index is -3.68. The van der Waals surface area contributed by atoms with Gasteiger partial charge in [0, 0.05) is 53.0 Å². The van der Waals surface area contributed by atoms with E-state index in [-0.39, 0.29) is 36.3 Å². The number of aromatic nitrogens is 2. The number of carbonyl (C=O) groups excluding carboxylic acids is 1. The molecule has 0 unspecified atom stereocenters. The fraction of sp³-hybridized carbons (Fsp3) is 0.692. The van der Waals surface area contributed by atoms with Crippen LogP contribution in [0.3, 0.4) is 0 Å². The molecule has 24 heavy (non-hydrogen) atoms. The van der Waals surface area contributed by atoms with Gasteiger partial charge in [0.05, 0.1) is 6.61 Å². The number of hydrogen-bond donors (Lipinski definition) is 3. The lowest BCUT2D eigenvalue weighted by molar-refractivity contribution is -0.120. The lowest BCUT2D eigenvalue weighted by atomic mass is 10.4. The first-order valence-corrected chi connectivity index (χ1v) is 8.81. The van der Waals surface area contributed by atoms with Crippen LogP contribution in [0.5, 0.6) is 0 Å². The van der Waals surface area contributed by atoms with E-state index in [9.17, 15) is 13.2 Å². The van der Waals surface area contributed by atoms with Crippen molar-refractivity contribution in [3.05, 3.63) is 12.0 Å². The van der Waals surface area contributed by atoms with E-state index in [1.54, 1.807) is 25.6 Å². The second-order valence-corrected chi connectivity index (χ2v) is 6.69. The summed E-state index contributed by atoms with van der Waals surface area (Å²) in [5.74, 6) is 0.391. The molecule has 1 rings (SSSR count). The molecule has 1 heterocycles. The van der Waals surface area contributed by atoms with E-state index in [2.05, 4.69) is 20.3 Å². The van der Waals surface area contributed by atoms with Crippen LogP contribution in [-0.4, -0.2) is 63.8 Å². The topological polar surface area (TPSA) is 114 Å². The van der Waals surface area contributed by atoms with Crippen molar-refractivity contribution in [1.29, 1.82) is 0 Å². The van der Waals surface area contributed by atoms with Gasteiger partial charge in [-0.2, -0.15) is 0 Å². The normalized spacial score (nSPS) is 11.1. The molecule has 1 aromatic heterocycles. The maximum absolute atomic E-state index is 12.0. The molecule has 11 heteroatoms. The highest BCUT2D eigenvalue weighted by atomic mass is 35.5. The summed E-state index contributed by atoms with van der Waals surface area (Å²) < 4.78 is 32.9. The SMILES string of the molecule is COCCNCCNC(=O)CCNS(=O)(=O)c1cn(C)c(C)n1.Cl. The van der Waals surface area contributed by atoms with E-state index in [4.69, 9.17) is 4.74 Å². The first-order chi connectivity index (χ1) is 10.9. The average Bonchev–Trinajstić information content (AvgIpc) is 2.83. The molecule has 0 aliphatic rings. The van der Waals surface area contributed by atoms with Crippen LogP contribution in [-0.2, 0) is 26.6 Å². The van der Waals surface area contributed by atoms with Crippen molar-refractivity contribution in [2.75, 3.05) is 39.9 Å². The summed E-state index contributed by atoms with van der Waals surface area (Å²) >= 11 is 0. The molecule has 0 aliphatic heterocycles. The van der Waals surface area contributed by atoms with Gasteiger partial charge in [-0.15, -0.1) is 12.4 Å². The predicted octanol–water partition coefficient (Wildman–Crippen LogP) is -0.829. The number of sulfonamides is 1. The number of rotatable bonds is 11. The van der Waals surface area contributed by atoms with Gasteiger partial charge in [-0.05, 0) is 6.92 Å². The standard InChI is InChI=1S/C13H25N5O4S.ClH/c1-11-17-13(10-18(11)2)23(20,21)16-5-4-12(19)15-7-6-14-8-9-22-3;/h10,14,16H,4-9H2,1-3H3,(H,15,19);1H. The van der Waals surface area contributed by atoms with Gasteiger partial charge in [0.1, 0.15) is 5.82 Å². The summed E-state index contributed by atoms with van der Waals surface area (Å²) in [7, 11) is -0.342. The van der Waals surface area contributed by atoms with E-state index in [1.807, 2.05) is 0 Å². The third kappa shape index (κ3) is 8.06. The third-order valence-electron chi connectivity index (χ3n) is 3.11. The van der Waals surface area contributed by atoms with Crippen molar-refractivity contribution in [2.24, 2.45) is 7.05 Å². The second kappa shape index (κ2) is 11.4. The van der Waals surface area contributed by atoms with Gasteiger partial charge in [0.15, 0.2) is 5.03 Å². The van der Waals surface area contributed by atoms with Gasteiger partial charge in [-0.1, -0.05) is 0 Å². The Labute approximate surface area is 149 Å². The maximum atomic E-state index is 12.0. The van der Waals surface area contributed by atoms with Crippen LogP contribution in [0.1, 0.15) is 12.2 Å². The summed E-state index contributed by atoms with van der Waals surface area (Å²) in [6.45, 7) is 4.19. The predicted molar refractivity (Wildman–Crippen MR) is 92.8 cm³/mol. The number of hydrogen-bond acceptors (Lipinski definition) is 6. The molecule has 140 valence electrons. The molecule has 1 amide bonds. The highest BCUT2D eigenvalue weighted by molar-refractivity contribution is 7.89. The van der Waals surface area contributed by atoms with Crippen molar-refractivity contribution < 1.29 is 17.9 Å². The number of imidazole rings is 1. The molecule has 9 nitrogen and oxygen atoms in total. The minimum Gasteiger partial charge on any atom is -0.383 e. The smallest absolute Gasteiger partial charge is 0.259 e. The molecular weight excluding hydrogens is 358 g/mol. The van der Waals surface area contributed by atoms with Crippen LogP contribution >= 0.6 is 12.4 Å². The van der Waals surface area contributed by atoms with Gasteiger partial charge < -0.3 is 19.9 Å². The Hall–Kier alpha value is -1.20. The van der Waals surface area contributed by atoms with Crippen molar-refractivity contribution in [2.45, 2.75) is 18.4 Å². The van der Waals surface area contributed by atoms with Crippen molar-refractivity contribution in [3.63, 3.8) is 0 Å². The first-order valence-electron chi connectivity index (χ1n) is 7.33. The number of nitrogens with one attached hydrogen (secondary N) is 3. The Morgan fingerprint density at radius 1 is 1.29 bits per heavy atom. The van der Waals surface area contributed by atoms with Gasteiger partial charge in [-0.3, -0.25) is 4.79 Å².